The van der Waals surface area contributed by atoms with E-state index in [9.17, 15) is 9.90 Å². The van der Waals surface area contributed by atoms with E-state index in [4.69, 9.17) is 23.2 Å². The molecule has 0 radical (unpaired) electrons. The zero-order valence-corrected chi connectivity index (χ0v) is 11.7. The predicted octanol–water partition coefficient (Wildman–Crippen LogP) is 2.23. The SMILES string of the molecule is CC(C)C1(O)CN(C(=O)c2ccc(Cl)nc2Cl)C1. The van der Waals surface area contributed by atoms with Crippen LogP contribution < -0.4 is 0 Å². The van der Waals surface area contributed by atoms with Crippen molar-refractivity contribution < 1.29 is 9.90 Å². The molecule has 2 rings (SSSR count). The van der Waals surface area contributed by atoms with Crippen molar-refractivity contribution in [1.29, 1.82) is 0 Å². The minimum Gasteiger partial charge on any atom is -0.386 e. The maximum Gasteiger partial charge on any atom is 0.257 e. The minimum absolute atomic E-state index is 0.0903. The number of hydrogen-bond acceptors (Lipinski definition) is 3. The zero-order chi connectivity index (χ0) is 13.5. The van der Waals surface area contributed by atoms with Crippen LogP contribution in [0.4, 0.5) is 0 Å². The number of rotatable bonds is 2. The molecule has 0 spiro atoms. The smallest absolute Gasteiger partial charge is 0.257 e. The van der Waals surface area contributed by atoms with Crippen LogP contribution in [0.3, 0.4) is 0 Å². The molecule has 1 aliphatic rings. The first-order chi connectivity index (χ1) is 8.33. The zero-order valence-electron chi connectivity index (χ0n) is 10.2. The number of aliphatic hydroxyl groups is 1. The average molecular weight is 289 g/mol. The van der Waals surface area contributed by atoms with E-state index in [2.05, 4.69) is 4.98 Å². The van der Waals surface area contributed by atoms with Gasteiger partial charge in [0.1, 0.15) is 15.9 Å². The average Bonchev–Trinajstić information content (AvgIpc) is 2.23. The lowest BCUT2D eigenvalue weighted by Crippen LogP contribution is -2.66. The Balaban J connectivity index is 2.11. The molecule has 18 heavy (non-hydrogen) atoms. The molecule has 0 aliphatic carbocycles. The van der Waals surface area contributed by atoms with Crippen LogP contribution in [0, 0.1) is 5.92 Å². The quantitative estimate of drug-likeness (QED) is 0.849. The first kappa shape index (κ1) is 13.6. The van der Waals surface area contributed by atoms with E-state index in [1.807, 2.05) is 13.8 Å². The van der Waals surface area contributed by atoms with Gasteiger partial charge in [-0.2, -0.15) is 0 Å². The lowest BCUT2D eigenvalue weighted by Gasteiger charge is -2.49. The Labute approximate surface area is 116 Å². The molecule has 1 aromatic rings. The molecule has 0 atom stereocenters. The Morgan fingerprint density at radius 2 is 2.06 bits per heavy atom. The molecule has 0 aromatic carbocycles. The highest BCUT2D eigenvalue weighted by atomic mass is 35.5. The fraction of sp³-hybridized carbons (Fsp3) is 0.500. The number of pyridine rings is 1. The van der Waals surface area contributed by atoms with Gasteiger partial charge in [-0.3, -0.25) is 4.79 Å². The van der Waals surface area contributed by atoms with Gasteiger partial charge in [0.2, 0.25) is 0 Å². The number of nitrogens with zero attached hydrogens (tertiary/aromatic N) is 2. The summed E-state index contributed by atoms with van der Waals surface area (Å²) in [4.78, 5) is 17.5. The van der Waals surface area contributed by atoms with E-state index in [1.54, 1.807) is 11.0 Å². The number of halogens is 2. The van der Waals surface area contributed by atoms with Gasteiger partial charge in [0.05, 0.1) is 18.7 Å². The summed E-state index contributed by atoms with van der Waals surface area (Å²) in [5, 5.41) is 10.4. The molecule has 6 heteroatoms. The molecule has 0 saturated carbocycles. The highest BCUT2D eigenvalue weighted by molar-refractivity contribution is 6.34. The standard InChI is InChI=1S/C12H14Cl2N2O2/c1-7(2)12(18)5-16(6-12)11(17)8-3-4-9(13)15-10(8)14/h3-4,7,18H,5-6H2,1-2H3. The molecule has 2 heterocycles. The van der Waals surface area contributed by atoms with Gasteiger partial charge < -0.3 is 10.0 Å². The Kier molecular flexibility index (Phi) is 3.54. The summed E-state index contributed by atoms with van der Waals surface area (Å²) >= 11 is 11.6. The normalized spacial score (nSPS) is 17.8. The first-order valence-corrected chi connectivity index (χ1v) is 6.43. The van der Waals surface area contributed by atoms with Crippen LogP contribution in [0.2, 0.25) is 10.3 Å². The van der Waals surface area contributed by atoms with Crippen molar-refractivity contribution in [2.75, 3.05) is 13.1 Å². The molecule has 1 aromatic heterocycles. The van der Waals surface area contributed by atoms with Crippen molar-refractivity contribution in [3.05, 3.63) is 28.0 Å². The molecule has 0 bridgehead atoms. The molecular formula is C12H14Cl2N2O2. The molecule has 1 amide bonds. The Morgan fingerprint density at radius 1 is 1.44 bits per heavy atom. The molecule has 98 valence electrons. The van der Waals surface area contributed by atoms with E-state index < -0.39 is 5.60 Å². The summed E-state index contributed by atoms with van der Waals surface area (Å²) < 4.78 is 0. The van der Waals surface area contributed by atoms with E-state index in [-0.39, 0.29) is 22.1 Å². The third-order valence-electron chi connectivity index (χ3n) is 3.34. The van der Waals surface area contributed by atoms with Crippen LogP contribution in [0.1, 0.15) is 24.2 Å². The number of carbonyl (C=O) groups excluding carboxylic acids is 1. The molecular weight excluding hydrogens is 275 g/mol. The van der Waals surface area contributed by atoms with Gasteiger partial charge in [0, 0.05) is 0 Å². The van der Waals surface area contributed by atoms with Gasteiger partial charge in [-0.15, -0.1) is 0 Å². The van der Waals surface area contributed by atoms with Crippen LogP contribution in [-0.2, 0) is 0 Å². The Bertz CT molecular complexity index is 485. The largest absolute Gasteiger partial charge is 0.386 e. The molecule has 1 saturated heterocycles. The lowest BCUT2D eigenvalue weighted by atomic mass is 9.83. The summed E-state index contributed by atoms with van der Waals surface area (Å²) in [6.07, 6.45) is 0. The fourth-order valence-electron chi connectivity index (χ4n) is 1.87. The van der Waals surface area contributed by atoms with Gasteiger partial charge in [-0.05, 0) is 18.1 Å². The van der Waals surface area contributed by atoms with Crippen LogP contribution in [0.25, 0.3) is 0 Å². The van der Waals surface area contributed by atoms with Crippen molar-refractivity contribution in [1.82, 2.24) is 9.88 Å². The number of aromatic nitrogens is 1. The number of carbonyl (C=O) groups is 1. The van der Waals surface area contributed by atoms with Crippen molar-refractivity contribution >= 4 is 29.1 Å². The third-order valence-corrected chi connectivity index (χ3v) is 3.84. The Hall–Kier alpha value is -0.840. The Morgan fingerprint density at radius 3 is 2.56 bits per heavy atom. The summed E-state index contributed by atoms with van der Waals surface area (Å²) in [5.41, 5.74) is -0.478. The molecule has 0 unspecified atom stereocenters. The van der Waals surface area contributed by atoms with Gasteiger partial charge in [-0.1, -0.05) is 37.0 Å². The van der Waals surface area contributed by atoms with E-state index in [1.165, 1.54) is 6.07 Å². The lowest BCUT2D eigenvalue weighted by molar-refractivity contribution is -0.110. The van der Waals surface area contributed by atoms with Crippen LogP contribution in [0.5, 0.6) is 0 Å². The van der Waals surface area contributed by atoms with Gasteiger partial charge in [0.25, 0.3) is 5.91 Å². The van der Waals surface area contributed by atoms with E-state index in [0.717, 1.165) is 0 Å². The molecule has 1 aliphatic heterocycles. The third kappa shape index (κ3) is 2.32. The second-order valence-corrected chi connectivity index (χ2v) is 5.64. The summed E-state index contributed by atoms with van der Waals surface area (Å²) in [6.45, 7) is 4.50. The maximum atomic E-state index is 12.1. The van der Waals surface area contributed by atoms with Crippen molar-refractivity contribution in [3.8, 4) is 0 Å². The van der Waals surface area contributed by atoms with Crippen LogP contribution in [-0.4, -0.2) is 39.6 Å². The van der Waals surface area contributed by atoms with Gasteiger partial charge in [0.15, 0.2) is 0 Å². The summed E-state index contributed by atoms with van der Waals surface area (Å²) in [6, 6.07) is 3.07. The topological polar surface area (TPSA) is 53.4 Å². The summed E-state index contributed by atoms with van der Waals surface area (Å²) in [7, 11) is 0. The summed E-state index contributed by atoms with van der Waals surface area (Å²) in [5.74, 6) is -0.116. The first-order valence-electron chi connectivity index (χ1n) is 5.67. The highest BCUT2D eigenvalue weighted by Crippen LogP contribution is 2.30. The molecule has 1 fully saturated rings. The molecule has 4 nitrogen and oxygen atoms in total. The molecule has 1 N–H and O–H groups in total. The van der Waals surface area contributed by atoms with Gasteiger partial charge in [-0.25, -0.2) is 4.98 Å². The van der Waals surface area contributed by atoms with Crippen LogP contribution in [0.15, 0.2) is 12.1 Å². The number of likely N-dealkylation sites (tertiary alicyclic amines) is 1. The van der Waals surface area contributed by atoms with Crippen molar-refractivity contribution in [2.45, 2.75) is 19.4 Å². The van der Waals surface area contributed by atoms with E-state index >= 15 is 0 Å². The van der Waals surface area contributed by atoms with Gasteiger partial charge >= 0.3 is 0 Å². The number of amides is 1. The minimum atomic E-state index is -0.790. The van der Waals surface area contributed by atoms with Crippen molar-refractivity contribution in [2.24, 2.45) is 5.92 Å². The number of hydrogen-bond donors (Lipinski definition) is 1. The van der Waals surface area contributed by atoms with Crippen molar-refractivity contribution in [3.63, 3.8) is 0 Å². The fourth-order valence-corrected chi connectivity index (χ4v) is 2.29. The van der Waals surface area contributed by atoms with E-state index in [0.29, 0.717) is 18.7 Å². The predicted molar refractivity (Wildman–Crippen MR) is 69.9 cm³/mol. The van der Waals surface area contributed by atoms with Crippen LogP contribution >= 0.6 is 23.2 Å². The highest BCUT2D eigenvalue weighted by Gasteiger charge is 2.46. The monoisotopic (exact) mass is 288 g/mol. The number of β-amino-alcohol motifs (C(OH)–C–C–N with tert-alkyl or cyclic N) is 1. The second kappa shape index (κ2) is 4.68. The maximum absolute atomic E-state index is 12.1. The second-order valence-electron chi connectivity index (χ2n) is 4.89.